The molecule has 0 aromatic heterocycles. The van der Waals surface area contributed by atoms with Crippen molar-refractivity contribution in [1.82, 2.24) is 0 Å². The molecule has 36 heavy (non-hydrogen) atoms. The monoisotopic (exact) mass is 548 g/mol. The highest BCUT2D eigenvalue weighted by Gasteiger charge is 2.10. The number of halogens is 1. The van der Waals surface area contributed by atoms with Crippen LogP contribution in [0, 0.1) is 5.92 Å². The molecule has 2 aromatic carbocycles. The Bertz CT molecular complexity index is 1170. The lowest BCUT2D eigenvalue weighted by Crippen LogP contribution is -2.04. The third-order valence-corrected chi connectivity index (χ3v) is 6.53. The van der Waals surface area contributed by atoms with Gasteiger partial charge in [-0.3, -0.25) is 9.98 Å². The summed E-state index contributed by atoms with van der Waals surface area (Å²) in [6, 6.07) is 12.5. The van der Waals surface area contributed by atoms with Crippen LogP contribution in [0.2, 0.25) is 0 Å². The van der Waals surface area contributed by atoms with E-state index in [4.69, 9.17) is 19.5 Å². The predicted octanol–water partition coefficient (Wildman–Crippen LogP) is 8.88. The van der Waals surface area contributed by atoms with Crippen molar-refractivity contribution in [2.75, 3.05) is 14.2 Å². The van der Waals surface area contributed by atoms with Crippen LogP contribution in [-0.2, 0) is 4.74 Å². The average molecular weight is 550 g/mol. The van der Waals surface area contributed by atoms with Gasteiger partial charge < -0.3 is 9.47 Å². The minimum absolute atomic E-state index is 0.114. The molecule has 2 atom stereocenters. The van der Waals surface area contributed by atoms with Gasteiger partial charge in [-0.05, 0) is 105 Å². The number of rotatable bonds is 11. The molecule has 0 aliphatic heterocycles. The van der Waals surface area contributed by atoms with Crippen molar-refractivity contribution >= 4 is 34.0 Å². The maximum absolute atomic E-state index is 5.68. The van der Waals surface area contributed by atoms with E-state index in [2.05, 4.69) is 79.2 Å². The van der Waals surface area contributed by atoms with Gasteiger partial charge in [0.1, 0.15) is 11.5 Å². The molecule has 4 nitrogen and oxygen atoms in total. The number of allylic oxidation sites excluding steroid dienone is 3. The first-order valence-corrected chi connectivity index (χ1v) is 13.3. The summed E-state index contributed by atoms with van der Waals surface area (Å²) in [4.78, 5) is 9.50. The normalized spacial score (nSPS) is 16.3. The molecule has 0 spiro atoms. The van der Waals surface area contributed by atoms with Crippen molar-refractivity contribution in [3.63, 3.8) is 0 Å². The molecule has 0 fully saturated rings. The van der Waals surface area contributed by atoms with Crippen LogP contribution < -0.4 is 4.74 Å². The standard InChI is InChI=1S/C31H37BrN2O2/c1-22(2)7-6-8-23(3)15-16-33-28-11-14-31(36-5)30(20-28)25-17-24(18-26(32)19-25)21-34-27-9-12-29(35-4)13-10-27/h7,9,11-14,16-21,23,27H,6,8,10,15H2,1-5H3. The fourth-order valence-electron chi connectivity index (χ4n) is 3.99. The van der Waals surface area contributed by atoms with Crippen LogP contribution in [0.25, 0.3) is 11.1 Å². The zero-order chi connectivity index (χ0) is 25.9. The first-order chi connectivity index (χ1) is 17.4. The van der Waals surface area contributed by atoms with Crippen molar-refractivity contribution < 1.29 is 9.47 Å². The van der Waals surface area contributed by atoms with Crippen LogP contribution in [0.3, 0.4) is 0 Å². The molecule has 0 amide bonds. The first kappa shape index (κ1) is 27.7. The van der Waals surface area contributed by atoms with Gasteiger partial charge in [0.05, 0.1) is 25.9 Å². The van der Waals surface area contributed by atoms with Crippen LogP contribution in [0.5, 0.6) is 5.75 Å². The van der Waals surface area contributed by atoms with Gasteiger partial charge in [-0.25, -0.2) is 0 Å². The Labute approximate surface area is 224 Å². The molecule has 0 radical (unpaired) electrons. The molecule has 0 heterocycles. The number of hydrogen-bond acceptors (Lipinski definition) is 4. The van der Waals surface area contributed by atoms with Gasteiger partial charge in [-0.15, -0.1) is 0 Å². The van der Waals surface area contributed by atoms with Crippen LogP contribution >= 0.6 is 15.9 Å². The van der Waals surface area contributed by atoms with Crippen LogP contribution in [0.4, 0.5) is 5.69 Å². The summed E-state index contributed by atoms with van der Waals surface area (Å²) in [5.41, 5.74) is 5.38. The molecule has 190 valence electrons. The lowest BCUT2D eigenvalue weighted by Gasteiger charge is -2.12. The minimum atomic E-state index is 0.114. The smallest absolute Gasteiger partial charge is 0.126 e. The van der Waals surface area contributed by atoms with E-state index in [9.17, 15) is 0 Å². The van der Waals surface area contributed by atoms with Crippen molar-refractivity contribution in [2.24, 2.45) is 15.9 Å². The topological polar surface area (TPSA) is 43.2 Å². The number of ether oxygens (including phenoxy) is 2. The summed E-state index contributed by atoms with van der Waals surface area (Å²) in [7, 11) is 3.39. The zero-order valence-corrected chi connectivity index (χ0v) is 23.6. The maximum Gasteiger partial charge on any atom is 0.126 e. The van der Waals surface area contributed by atoms with Crippen LogP contribution in [0.15, 0.2) is 86.5 Å². The van der Waals surface area contributed by atoms with Crippen molar-refractivity contribution in [3.05, 3.63) is 82.1 Å². The van der Waals surface area contributed by atoms with Gasteiger partial charge in [0, 0.05) is 22.5 Å². The van der Waals surface area contributed by atoms with Gasteiger partial charge in [-0.2, -0.15) is 0 Å². The van der Waals surface area contributed by atoms with E-state index >= 15 is 0 Å². The van der Waals surface area contributed by atoms with Gasteiger partial charge in [0.15, 0.2) is 0 Å². The van der Waals surface area contributed by atoms with Crippen molar-refractivity contribution in [1.29, 1.82) is 0 Å². The Morgan fingerprint density at radius 2 is 1.97 bits per heavy atom. The predicted molar refractivity (Wildman–Crippen MR) is 157 cm³/mol. The third-order valence-electron chi connectivity index (χ3n) is 6.07. The van der Waals surface area contributed by atoms with Gasteiger partial charge in [0.25, 0.3) is 0 Å². The molecule has 1 aliphatic carbocycles. The third kappa shape index (κ3) is 8.63. The number of aliphatic imine (C=N–C) groups is 2. The van der Waals surface area contributed by atoms with E-state index < -0.39 is 0 Å². The van der Waals surface area contributed by atoms with Gasteiger partial charge in [-0.1, -0.05) is 40.6 Å². The average Bonchev–Trinajstić information content (AvgIpc) is 2.87. The fraction of sp³-hybridized carbons (Fsp3) is 0.355. The summed E-state index contributed by atoms with van der Waals surface area (Å²) < 4.78 is 11.9. The fourth-order valence-corrected chi connectivity index (χ4v) is 4.50. The van der Waals surface area contributed by atoms with E-state index in [1.54, 1.807) is 14.2 Å². The summed E-state index contributed by atoms with van der Waals surface area (Å²) >= 11 is 3.67. The summed E-state index contributed by atoms with van der Waals surface area (Å²) in [6.45, 7) is 6.58. The highest BCUT2D eigenvalue weighted by atomic mass is 79.9. The lowest BCUT2D eigenvalue weighted by molar-refractivity contribution is 0.303. The van der Waals surface area contributed by atoms with Crippen LogP contribution in [0.1, 0.15) is 52.0 Å². The SMILES string of the molecule is COC1=CCC(N=Cc2cc(Br)cc(-c3cc(N=CCC(C)CCC=C(C)C)ccc3OC)c2)C=C1. The summed E-state index contributed by atoms with van der Waals surface area (Å²) in [5, 5.41) is 0. The molecular formula is C31H37BrN2O2. The Balaban J connectivity index is 1.75. The Morgan fingerprint density at radius 1 is 1.14 bits per heavy atom. The number of hydrogen-bond donors (Lipinski definition) is 0. The summed E-state index contributed by atoms with van der Waals surface area (Å²) in [5.74, 6) is 2.31. The molecule has 2 unspecified atom stereocenters. The number of benzene rings is 2. The zero-order valence-electron chi connectivity index (χ0n) is 22.0. The van der Waals surface area contributed by atoms with E-state index in [0.29, 0.717) is 5.92 Å². The van der Waals surface area contributed by atoms with Gasteiger partial charge in [0.2, 0.25) is 0 Å². The van der Waals surface area contributed by atoms with E-state index in [0.717, 1.165) is 57.6 Å². The Morgan fingerprint density at radius 3 is 2.67 bits per heavy atom. The molecule has 1 aliphatic rings. The second-order valence-electron chi connectivity index (χ2n) is 9.42. The highest BCUT2D eigenvalue weighted by molar-refractivity contribution is 9.10. The Kier molecular flexibility index (Phi) is 10.7. The quantitative estimate of drug-likeness (QED) is 0.208. The van der Waals surface area contributed by atoms with E-state index in [1.807, 2.05) is 30.6 Å². The molecule has 0 saturated heterocycles. The first-order valence-electron chi connectivity index (χ1n) is 12.5. The molecule has 3 rings (SSSR count). The van der Waals surface area contributed by atoms with E-state index in [-0.39, 0.29) is 6.04 Å². The molecule has 5 heteroatoms. The van der Waals surface area contributed by atoms with E-state index in [1.165, 1.54) is 12.0 Å². The maximum atomic E-state index is 5.68. The molecule has 0 bridgehead atoms. The second kappa shape index (κ2) is 14.0. The Hall–Kier alpha value is -2.92. The van der Waals surface area contributed by atoms with Crippen molar-refractivity contribution in [2.45, 2.75) is 52.5 Å². The van der Waals surface area contributed by atoms with Crippen molar-refractivity contribution in [3.8, 4) is 16.9 Å². The molecule has 0 saturated carbocycles. The number of nitrogens with zero attached hydrogens (tertiary/aromatic N) is 2. The molecule has 2 aromatic rings. The molecular weight excluding hydrogens is 512 g/mol. The lowest BCUT2D eigenvalue weighted by atomic mass is 10.0. The van der Waals surface area contributed by atoms with Crippen LogP contribution in [-0.4, -0.2) is 32.7 Å². The van der Waals surface area contributed by atoms with Gasteiger partial charge >= 0.3 is 0 Å². The minimum Gasteiger partial charge on any atom is -0.497 e. The largest absolute Gasteiger partial charge is 0.497 e. The molecule has 0 N–H and O–H groups in total. The second-order valence-corrected chi connectivity index (χ2v) is 10.3. The number of methoxy groups -OCH3 is 2. The summed E-state index contributed by atoms with van der Waals surface area (Å²) in [6.07, 6.45) is 16.5. The highest BCUT2D eigenvalue weighted by Crippen LogP contribution is 2.35.